The van der Waals surface area contributed by atoms with E-state index in [0.717, 1.165) is 24.3 Å². The number of halogens is 2. The van der Waals surface area contributed by atoms with Gasteiger partial charge in [-0.25, -0.2) is 13.6 Å². The van der Waals surface area contributed by atoms with Gasteiger partial charge in [-0.15, -0.1) is 0 Å². The summed E-state index contributed by atoms with van der Waals surface area (Å²) in [6, 6.07) is 2.04. The van der Waals surface area contributed by atoms with Gasteiger partial charge in [0.1, 0.15) is 0 Å². The largest absolute Gasteiger partial charge is 0.488 e. The predicted octanol–water partition coefficient (Wildman–Crippen LogP) is 2.85. The van der Waals surface area contributed by atoms with Crippen molar-refractivity contribution in [2.45, 2.75) is 13.3 Å². The second kappa shape index (κ2) is 5.98. The molecule has 0 aliphatic rings. The van der Waals surface area contributed by atoms with Gasteiger partial charge < -0.3 is 9.84 Å². The van der Waals surface area contributed by atoms with Crippen molar-refractivity contribution in [2.24, 2.45) is 0 Å². The molecule has 1 aromatic carbocycles. The van der Waals surface area contributed by atoms with E-state index in [2.05, 4.69) is 0 Å². The zero-order valence-electron chi connectivity index (χ0n) is 9.24. The molecular formula is C12H12F2O3. The van der Waals surface area contributed by atoms with Crippen LogP contribution >= 0.6 is 0 Å². The molecule has 0 fully saturated rings. The maximum absolute atomic E-state index is 13.4. The topological polar surface area (TPSA) is 46.5 Å². The first-order valence-corrected chi connectivity index (χ1v) is 5.07. The molecule has 3 nitrogen and oxygen atoms in total. The van der Waals surface area contributed by atoms with E-state index in [1.165, 1.54) is 0 Å². The monoisotopic (exact) mass is 242 g/mol. The molecule has 0 bridgehead atoms. The average Bonchev–Trinajstić information content (AvgIpc) is 2.25. The maximum Gasteiger partial charge on any atom is 0.328 e. The molecule has 0 saturated heterocycles. The van der Waals surface area contributed by atoms with Gasteiger partial charge in [-0.3, -0.25) is 0 Å². The zero-order valence-corrected chi connectivity index (χ0v) is 9.24. The molecule has 0 radical (unpaired) electrons. The van der Waals surface area contributed by atoms with Crippen LogP contribution < -0.4 is 4.74 Å². The average molecular weight is 242 g/mol. The van der Waals surface area contributed by atoms with E-state index >= 15 is 0 Å². The van der Waals surface area contributed by atoms with Gasteiger partial charge in [0, 0.05) is 6.08 Å². The van der Waals surface area contributed by atoms with Crippen molar-refractivity contribution >= 4 is 12.0 Å². The van der Waals surface area contributed by atoms with Crippen molar-refractivity contribution in [1.29, 1.82) is 0 Å². The van der Waals surface area contributed by atoms with Crippen molar-refractivity contribution in [3.05, 3.63) is 35.4 Å². The Hall–Kier alpha value is -1.91. The molecule has 0 aliphatic carbocycles. The number of carboxylic acid groups (broad SMARTS) is 1. The van der Waals surface area contributed by atoms with Crippen LogP contribution in [0.15, 0.2) is 18.2 Å². The minimum Gasteiger partial charge on any atom is -0.488 e. The standard InChI is InChI=1S/C12H12F2O3/c1-2-5-17-12-9(13)6-8(7-10(12)14)3-4-11(15)16/h3-4,6-7H,2,5H2,1H3,(H,15,16). The Morgan fingerprint density at radius 2 is 2.00 bits per heavy atom. The Morgan fingerprint density at radius 1 is 1.41 bits per heavy atom. The lowest BCUT2D eigenvalue weighted by molar-refractivity contribution is -0.131. The van der Waals surface area contributed by atoms with Crippen molar-refractivity contribution in [3.8, 4) is 5.75 Å². The molecular weight excluding hydrogens is 230 g/mol. The summed E-state index contributed by atoms with van der Waals surface area (Å²) >= 11 is 0. The molecule has 0 heterocycles. The first-order valence-electron chi connectivity index (χ1n) is 5.07. The third-order valence-corrected chi connectivity index (χ3v) is 1.89. The number of hydrogen-bond donors (Lipinski definition) is 1. The number of hydrogen-bond acceptors (Lipinski definition) is 2. The van der Waals surface area contributed by atoms with Crippen LogP contribution in [0.5, 0.6) is 5.75 Å². The highest BCUT2D eigenvalue weighted by atomic mass is 19.1. The Bertz CT molecular complexity index is 418. The molecule has 5 heteroatoms. The van der Waals surface area contributed by atoms with Crippen LogP contribution in [-0.4, -0.2) is 17.7 Å². The molecule has 0 spiro atoms. The van der Waals surface area contributed by atoms with Gasteiger partial charge in [-0.2, -0.15) is 0 Å². The summed E-state index contributed by atoms with van der Waals surface area (Å²) in [6.45, 7) is 2.04. The molecule has 17 heavy (non-hydrogen) atoms. The summed E-state index contributed by atoms with van der Waals surface area (Å²) in [7, 11) is 0. The highest BCUT2D eigenvalue weighted by molar-refractivity contribution is 5.85. The minimum absolute atomic E-state index is 0.131. The van der Waals surface area contributed by atoms with Crippen molar-refractivity contribution in [2.75, 3.05) is 6.61 Å². The molecule has 0 saturated carbocycles. The second-order valence-corrected chi connectivity index (χ2v) is 3.33. The minimum atomic E-state index is -1.18. The van der Waals surface area contributed by atoms with Gasteiger partial charge in [-0.1, -0.05) is 6.92 Å². The molecule has 1 aromatic rings. The quantitative estimate of drug-likeness (QED) is 0.807. The Labute approximate surface area is 97.3 Å². The van der Waals surface area contributed by atoms with E-state index in [4.69, 9.17) is 9.84 Å². The lowest BCUT2D eigenvalue weighted by Gasteiger charge is -2.07. The van der Waals surface area contributed by atoms with Crippen LogP contribution in [-0.2, 0) is 4.79 Å². The first-order chi connectivity index (χ1) is 8.04. The van der Waals surface area contributed by atoms with E-state index in [1.807, 2.05) is 6.92 Å². The number of carboxylic acids is 1. The number of benzene rings is 1. The molecule has 0 unspecified atom stereocenters. The number of rotatable bonds is 5. The van der Waals surface area contributed by atoms with Gasteiger partial charge in [-0.05, 0) is 30.2 Å². The van der Waals surface area contributed by atoms with E-state index < -0.39 is 23.4 Å². The van der Waals surface area contributed by atoms with Crippen LogP contribution in [0.25, 0.3) is 6.08 Å². The molecule has 0 atom stereocenters. The summed E-state index contributed by atoms with van der Waals surface area (Å²) < 4.78 is 31.7. The van der Waals surface area contributed by atoms with Crippen molar-refractivity contribution < 1.29 is 23.4 Å². The SMILES string of the molecule is CCCOc1c(F)cc(C=CC(=O)O)cc1F. The number of aliphatic carboxylic acids is 1. The number of carbonyl (C=O) groups is 1. The summed E-state index contributed by atoms with van der Waals surface area (Å²) in [6.07, 6.45) is 2.55. The third-order valence-electron chi connectivity index (χ3n) is 1.89. The molecule has 92 valence electrons. The second-order valence-electron chi connectivity index (χ2n) is 3.33. The molecule has 0 amide bonds. The fraction of sp³-hybridized carbons (Fsp3) is 0.250. The fourth-order valence-electron chi connectivity index (χ4n) is 1.19. The molecule has 1 rings (SSSR count). The highest BCUT2D eigenvalue weighted by Crippen LogP contribution is 2.24. The summed E-state index contributed by atoms with van der Waals surface area (Å²) in [5.74, 6) is -3.30. The van der Waals surface area contributed by atoms with Crippen LogP contribution in [0.3, 0.4) is 0 Å². The van der Waals surface area contributed by atoms with E-state index in [0.29, 0.717) is 6.42 Å². The van der Waals surface area contributed by atoms with Crippen molar-refractivity contribution in [1.82, 2.24) is 0 Å². The third kappa shape index (κ3) is 3.86. The van der Waals surface area contributed by atoms with E-state index in [-0.39, 0.29) is 12.2 Å². The van der Waals surface area contributed by atoms with Gasteiger partial charge in [0.25, 0.3) is 0 Å². The zero-order chi connectivity index (χ0) is 12.8. The van der Waals surface area contributed by atoms with Gasteiger partial charge in [0.2, 0.25) is 0 Å². The summed E-state index contributed by atoms with van der Waals surface area (Å²) in [5, 5.41) is 8.39. The van der Waals surface area contributed by atoms with Gasteiger partial charge in [0.15, 0.2) is 17.4 Å². The Kier molecular flexibility index (Phi) is 4.63. The maximum atomic E-state index is 13.4. The van der Waals surface area contributed by atoms with Crippen LogP contribution in [0.2, 0.25) is 0 Å². The summed E-state index contributed by atoms with van der Waals surface area (Å²) in [4.78, 5) is 10.3. The van der Waals surface area contributed by atoms with Gasteiger partial charge in [0.05, 0.1) is 6.61 Å². The molecule has 1 N–H and O–H groups in total. The number of ether oxygens (including phenoxy) is 1. The van der Waals surface area contributed by atoms with E-state index in [1.54, 1.807) is 0 Å². The lowest BCUT2D eigenvalue weighted by atomic mass is 10.2. The Balaban J connectivity index is 2.96. The first kappa shape index (κ1) is 13.2. The normalized spacial score (nSPS) is 10.8. The molecule has 0 aliphatic heterocycles. The molecule has 0 aromatic heterocycles. The van der Waals surface area contributed by atoms with Crippen molar-refractivity contribution in [3.63, 3.8) is 0 Å². The summed E-state index contributed by atoms with van der Waals surface area (Å²) in [5.41, 5.74) is 0.131. The van der Waals surface area contributed by atoms with E-state index in [9.17, 15) is 13.6 Å². The Morgan fingerprint density at radius 3 is 2.47 bits per heavy atom. The van der Waals surface area contributed by atoms with Crippen LogP contribution in [0, 0.1) is 11.6 Å². The highest BCUT2D eigenvalue weighted by Gasteiger charge is 2.11. The lowest BCUT2D eigenvalue weighted by Crippen LogP contribution is -2.00. The van der Waals surface area contributed by atoms with Crippen LogP contribution in [0.1, 0.15) is 18.9 Å². The fourth-order valence-corrected chi connectivity index (χ4v) is 1.19. The smallest absolute Gasteiger partial charge is 0.328 e. The predicted molar refractivity (Wildman–Crippen MR) is 58.8 cm³/mol. The van der Waals surface area contributed by atoms with Gasteiger partial charge >= 0.3 is 5.97 Å². The van der Waals surface area contributed by atoms with Crippen LogP contribution in [0.4, 0.5) is 8.78 Å².